The van der Waals surface area contributed by atoms with Gasteiger partial charge in [0.15, 0.2) is 5.78 Å². The third-order valence-electron chi connectivity index (χ3n) is 6.77. The van der Waals surface area contributed by atoms with Gasteiger partial charge in [-0.15, -0.1) is 0 Å². The number of hydrogen-bond acceptors (Lipinski definition) is 3. The van der Waals surface area contributed by atoms with Gasteiger partial charge in [-0.05, 0) is 54.7 Å². The Labute approximate surface area is 205 Å². The second-order valence-corrected chi connectivity index (χ2v) is 9.48. The molecular formula is C29H27ClN2O2. The van der Waals surface area contributed by atoms with Crippen molar-refractivity contribution in [1.82, 2.24) is 0 Å². The summed E-state index contributed by atoms with van der Waals surface area (Å²) in [7, 11) is 0. The lowest BCUT2D eigenvalue weighted by atomic mass is 9.78. The fourth-order valence-corrected chi connectivity index (χ4v) is 5.29. The van der Waals surface area contributed by atoms with Crippen molar-refractivity contribution in [3.05, 3.63) is 106 Å². The van der Waals surface area contributed by atoms with Crippen LogP contribution in [0.15, 0.2) is 84.1 Å². The van der Waals surface area contributed by atoms with Crippen LogP contribution in [0.25, 0.3) is 0 Å². The second kappa shape index (κ2) is 9.11. The van der Waals surface area contributed by atoms with E-state index in [0.29, 0.717) is 29.9 Å². The normalized spacial score (nSPS) is 19.7. The molecule has 0 unspecified atom stereocenters. The van der Waals surface area contributed by atoms with Crippen LogP contribution < -0.4 is 10.2 Å². The number of nitrogens with zero attached hydrogens (tertiary/aromatic N) is 1. The first-order valence-corrected chi connectivity index (χ1v) is 12.1. The maximum Gasteiger partial charge on any atom is 0.227 e. The van der Waals surface area contributed by atoms with E-state index in [4.69, 9.17) is 11.6 Å². The number of halogens is 1. The monoisotopic (exact) mass is 470 g/mol. The molecule has 0 saturated heterocycles. The number of benzene rings is 3. The number of allylic oxidation sites excluding steroid dienone is 1. The third-order valence-corrected chi connectivity index (χ3v) is 7.01. The Morgan fingerprint density at radius 1 is 1.00 bits per heavy atom. The molecule has 0 fully saturated rings. The molecule has 2 aliphatic rings. The van der Waals surface area contributed by atoms with Gasteiger partial charge in [-0.2, -0.15) is 0 Å². The fourth-order valence-electron chi connectivity index (χ4n) is 5.10. The summed E-state index contributed by atoms with van der Waals surface area (Å²) in [5.41, 5.74) is 6.32. The average Bonchev–Trinajstić information content (AvgIpc) is 2.98. The molecule has 172 valence electrons. The summed E-state index contributed by atoms with van der Waals surface area (Å²) in [6, 6.07) is 23.2. The smallest absolute Gasteiger partial charge is 0.227 e. The molecule has 34 heavy (non-hydrogen) atoms. The van der Waals surface area contributed by atoms with Gasteiger partial charge in [0.25, 0.3) is 0 Å². The van der Waals surface area contributed by atoms with Crippen LogP contribution in [0.2, 0.25) is 5.02 Å². The minimum atomic E-state index is -0.480. The number of ketones is 1. The molecule has 0 saturated carbocycles. The quantitative estimate of drug-likeness (QED) is 0.450. The standard InChI is InChI=1S/C29H27ClN2O2/c1-3-27(34)32-25-10-5-4-9-23(25)31-24-16-21(20-7-6-8-22(30)15-20)17-26(33)28(24)29(32)19-13-11-18(2)12-14-19/h4-15,21,29,31H,3,16-17H2,1-2H3/t21-,29+/m0/s1. The van der Waals surface area contributed by atoms with Crippen LogP contribution in [-0.4, -0.2) is 11.7 Å². The maximum absolute atomic E-state index is 13.8. The van der Waals surface area contributed by atoms with Gasteiger partial charge in [0.2, 0.25) is 5.91 Å². The second-order valence-electron chi connectivity index (χ2n) is 9.05. The number of carbonyl (C=O) groups is 2. The summed E-state index contributed by atoms with van der Waals surface area (Å²) in [5, 5.41) is 4.23. The summed E-state index contributed by atoms with van der Waals surface area (Å²) < 4.78 is 0. The van der Waals surface area contributed by atoms with Gasteiger partial charge in [-0.1, -0.05) is 72.6 Å². The minimum Gasteiger partial charge on any atom is -0.357 e. The number of hydrogen-bond donors (Lipinski definition) is 1. The Balaban J connectivity index is 1.70. The number of amides is 1. The number of carbonyl (C=O) groups excluding carboxylic acids is 2. The average molecular weight is 471 g/mol. The molecule has 5 heteroatoms. The first-order chi connectivity index (χ1) is 16.5. The lowest BCUT2D eigenvalue weighted by Gasteiger charge is -2.35. The molecule has 0 spiro atoms. The maximum atomic E-state index is 13.8. The Kier molecular flexibility index (Phi) is 6.01. The van der Waals surface area contributed by atoms with Crippen LogP contribution in [-0.2, 0) is 9.59 Å². The van der Waals surface area contributed by atoms with Gasteiger partial charge in [0.1, 0.15) is 0 Å². The number of nitrogens with one attached hydrogen (secondary N) is 1. The molecule has 0 bridgehead atoms. The molecule has 1 aliphatic carbocycles. The molecule has 1 N–H and O–H groups in total. The van der Waals surface area contributed by atoms with Crippen molar-refractivity contribution in [2.45, 2.75) is 45.1 Å². The molecule has 3 aromatic rings. The van der Waals surface area contributed by atoms with Crippen LogP contribution in [0.5, 0.6) is 0 Å². The highest BCUT2D eigenvalue weighted by atomic mass is 35.5. The summed E-state index contributed by atoms with van der Waals surface area (Å²) in [4.78, 5) is 29.0. The van der Waals surface area contributed by atoms with E-state index in [0.717, 1.165) is 33.8 Å². The molecule has 0 radical (unpaired) electrons. The van der Waals surface area contributed by atoms with Crippen molar-refractivity contribution in [2.24, 2.45) is 0 Å². The predicted molar refractivity (Wildman–Crippen MR) is 137 cm³/mol. The van der Waals surface area contributed by atoms with Crippen molar-refractivity contribution in [1.29, 1.82) is 0 Å². The third kappa shape index (κ3) is 4.03. The molecule has 4 nitrogen and oxygen atoms in total. The summed E-state index contributed by atoms with van der Waals surface area (Å²) in [6.45, 7) is 3.90. The Morgan fingerprint density at radius 2 is 1.76 bits per heavy atom. The highest BCUT2D eigenvalue weighted by Crippen LogP contribution is 2.47. The highest BCUT2D eigenvalue weighted by Gasteiger charge is 2.41. The SMILES string of the molecule is CCC(=O)N1c2ccccc2NC2=C(C(=O)C[C@@H](c3cccc(Cl)c3)C2)[C@H]1c1ccc(C)cc1. The van der Waals surface area contributed by atoms with E-state index >= 15 is 0 Å². The highest BCUT2D eigenvalue weighted by molar-refractivity contribution is 6.30. The summed E-state index contributed by atoms with van der Waals surface area (Å²) >= 11 is 6.26. The number of Topliss-reactive ketones (excluding diaryl/α,β-unsaturated/α-hetero) is 1. The van der Waals surface area contributed by atoms with Gasteiger partial charge < -0.3 is 5.32 Å². The van der Waals surface area contributed by atoms with E-state index in [1.807, 2.05) is 91.5 Å². The molecule has 1 aliphatic heterocycles. The summed E-state index contributed by atoms with van der Waals surface area (Å²) in [6.07, 6.45) is 1.40. The molecule has 1 heterocycles. The van der Waals surface area contributed by atoms with Gasteiger partial charge in [0.05, 0.1) is 17.4 Å². The van der Waals surface area contributed by atoms with Crippen molar-refractivity contribution in [3.8, 4) is 0 Å². The van der Waals surface area contributed by atoms with E-state index in [9.17, 15) is 9.59 Å². The van der Waals surface area contributed by atoms with Crippen LogP contribution in [0.1, 0.15) is 54.8 Å². The predicted octanol–water partition coefficient (Wildman–Crippen LogP) is 6.96. The first kappa shape index (κ1) is 22.4. The molecular weight excluding hydrogens is 444 g/mol. The Bertz CT molecular complexity index is 1300. The van der Waals surface area contributed by atoms with E-state index in [2.05, 4.69) is 5.32 Å². The lowest BCUT2D eigenvalue weighted by Crippen LogP contribution is -2.38. The van der Waals surface area contributed by atoms with Crippen LogP contribution in [0, 0.1) is 6.92 Å². The Morgan fingerprint density at radius 3 is 2.50 bits per heavy atom. The molecule has 2 atom stereocenters. The minimum absolute atomic E-state index is 0.0154. The van der Waals surface area contributed by atoms with Crippen molar-refractivity contribution in [2.75, 3.05) is 10.2 Å². The lowest BCUT2D eigenvalue weighted by molar-refractivity contribution is -0.119. The van der Waals surface area contributed by atoms with E-state index in [1.54, 1.807) is 0 Å². The van der Waals surface area contributed by atoms with Crippen LogP contribution in [0.3, 0.4) is 0 Å². The Hall–Kier alpha value is -3.37. The number of anilines is 2. The van der Waals surface area contributed by atoms with Crippen molar-refractivity contribution >= 4 is 34.7 Å². The molecule has 3 aromatic carbocycles. The van der Waals surface area contributed by atoms with Crippen LogP contribution >= 0.6 is 11.6 Å². The summed E-state index contributed by atoms with van der Waals surface area (Å²) in [5.74, 6) is 0.0704. The fraction of sp³-hybridized carbons (Fsp3) is 0.241. The number of rotatable bonds is 3. The van der Waals surface area contributed by atoms with Gasteiger partial charge in [-0.25, -0.2) is 0 Å². The molecule has 5 rings (SSSR count). The zero-order valence-electron chi connectivity index (χ0n) is 19.3. The van der Waals surface area contributed by atoms with Crippen molar-refractivity contribution in [3.63, 3.8) is 0 Å². The number of para-hydroxylation sites is 2. The van der Waals surface area contributed by atoms with E-state index in [1.165, 1.54) is 0 Å². The first-order valence-electron chi connectivity index (χ1n) is 11.7. The van der Waals surface area contributed by atoms with Gasteiger partial charge in [-0.3, -0.25) is 14.5 Å². The van der Waals surface area contributed by atoms with Crippen LogP contribution in [0.4, 0.5) is 11.4 Å². The number of fused-ring (bicyclic) bond motifs is 1. The zero-order valence-corrected chi connectivity index (χ0v) is 20.1. The largest absolute Gasteiger partial charge is 0.357 e. The van der Waals surface area contributed by atoms with E-state index < -0.39 is 6.04 Å². The van der Waals surface area contributed by atoms with Gasteiger partial charge >= 0.3 is 0 Å². The number of aryl methyl sites for hydroxylation is 1. The van der Waals surface area contributed by atoms with E-state index in [-0.39, 0.29) is 17.6 Å². The van der Waals surface area contributed by atoms with Gasteiger partial charge in [0, 0.05) is 29.1 Å². The molecule has 1 amide bonds. The topological polar surface area (TPSA) is 49.4 Å². The zero-order chi connectivity index (χ0) is 23.8. The van der Waals surface area contributed by atoms with Crippen molar-refractivity contribution < 1.29 is 9.59 Å². The molecule has 0 aromatic heterocycles.